The van der Waals surface area contributed by atoms with Gasteiger partial charge in [-0.25, -0.2) is 4.79 Å². The van der Waals surface area contributed by atoms with E-state index in [0.717, 1.165) is 35.4 Å². The molecule has 0 amide bonds. The minimum Gasteiger partial charge on any atom is -0.477 e. The monoisotopic (exact) mass is 347 g/mol. The number of hydrogen-bond acceptors (Lipinski definition) is 4. The van der Waals surface area contributed by atoms with E-state index in [1.807, 2.05) is 6.92 Å². The minimum atomic E-state index is -0.950. The number of carbonyl (C=O) groups is 1. The predicted octanol–water partition coefficient (Wildman–Crippen LogP) is 1.65. The van der Waals surface area contributed by atoms with Crippen LogP contribution in [0.5, 0.6) is 0 Å². The molecule has 22 heavy (non-hydrogen) atoms. The van der Waals surface area contributed by atoms with Crippen LogP contribution in [-0.2, 0) is 19.4 Å². The summed E-state index contributed by atoms with van der Waals surface area (Å²) < 4.78 is 1.53. The molecule has 0 fully saturated rings. The number of halogens is 2. The van der Waals surface area contributed by atoms with Crippen LogP contribution in [0.1, 0.15) is 35.1 Å². The van der Waals surface area contributed by atoms with Gasteiger partial charge in [0.1, 0.15) is 5.69 Å². The highest BCUT2D eigenvalue weighted by atomic mass is 35.5. The van der Waals surface area contributed by atoms with Gasteiger partial charge in [-0.3, -0.25) is 9.78 Å². The van der Waals surface area contributed by atoms with E-state index in [0.29, 0.717) is 13.0 Å². The number of hydrogen-bond donors (Lipinski definition) is 3. The zero-order valence-corrected chi connectivity index (χ0v) is 13.7. The van der Waals surface area contributed by atoms with E-state index >= 15 is 0 Å². The summed E-state index contributed by atoms with van der Waals surface area (Å²) in [5.41, 5.74) is 9.62. The van der Waals surface area contributed by atoms with Crippen LogP contribution in [0, 0.1) is 0 Å². The largest absolute Gasteiger partial charge is 0.477 e. The molecule has 0 aliphatic heterocycles. The molecule has 0 saturated carbocycles. The summed E-state index contributed by atoms with van der Waals surface area (Å²) >= 11 is 0. The summed E-state index contributed by atoms with van der Waals surface area (Å²) in [5.74, 6) is -0.950. The molecule has 122 valence electrons. The molecule has 2 aromatic heterocycles. The highest BCUT2D eigenvalue weighted by Gasteiger charge is 2.29. The van der Waals surface area contributed by atoms with E-state index in [4.69, 9.17) is 5.73 Å². The van der Waals surface area contributed by atoms with Gasteiger partial charge in [-0.2, -0.15) is 10.2 Å². The summed E-state index contributed by atoms with van der Waals surface area (Å²) in [5, 5.41) is 20.9. The highest BCUT2D eigenvalue weighted by molar-refractivity contribution is 5.90. The number of carboxylic acids is 1. The van der Waals surface area contributed by atoms with E-state index < -0.39 is 5.97 Å². The molecule has 0 saturated heterocycles. The molecule has 7 nitrogen and oxygen atoms in total. The van der Waals surface area contributed by atoms with Crippen molar-refractivity contribution >= 4 is 30.8 Å². The Labute approximate surface area is 140 Å². The normalized spacial score (nSPS) is 13.4. The van der Waals surface area contributed by atoms with Crippen LogP contribution in [0.4, 0.5) is 0 Å². The maximum atomic E-state index is 11.5. The zero-order chi connectivity index (χ0) is 14.3. The lowest BCUT2D eigenvalue weighted by atomic mass is 9.94. The lowest BCUT2D eigenvalue weighted by Crippen LogP contribution is -2.27. The van der Waals surface area contributed by atoms with Crippen molar-refractivity contribution in [3.63, 3.8) is 0 Å². The standard InChI is InChI=1S/C13H17N5O2.2ClH/c1-2-7(14)6-18-12(13(19)20)8-3-4-10-9(5-15-16-10)11(8)17-18;;/h5,7H,2-4,6,14H2,1H3,(H,15,16)(H,19,20);2*1H. The molecule has 4 N–H and O–H groups in total. The van der Waals surface area contributed by atoms with Crippen LogP contribution in [0.15, 0.2) is 6.20 Å². The smallest absolute Gasteiger partial charge is 0.354 e. The van der Waals surface area contributed by atoms with Crippen molar-refractivity contribution in [1.82, 2.24) is 20.0 Å². The zero-order valence-electron chi connectivity index (χ0n) is 12.1. The molecule has 3 rings (SSSR count). The van der Waals surface area contributed by atoms with Crippen molar-refractivity contribution < 1.29 is 9.90 Å². The van der Waals surface area contributed by atoms with Gasteiger partial charge in [0.25, 0.3) is 0 Å². The Balaban J connectivity index is 0.00000121. The molecule has 0 bridgehead atoms. The fourth-order valence-electron chi connectivity index (χ4n) is 2.63. The van der Waals surface area contributed by atoms with Crippen molar-refractivity contribution in [3.8, 4) is 11.3 Å². The van der Waals surface area contributed by atoms with Crippen molar-refractivity contribution in [1.29, 1.82) is 0 Å². The molecule has 1 unspecified atom stereocenters. The molecule has 0 radical (unpaired) electrons. The second-order valence-electron chi connectivity index (χ2n) is 5.09. The number of rotatable bonds is 4. The van der Waals surface area contributed by atoms with Gasteiger partial charge >= 0.3 is 5.97 Å². The third kappa shape index (κ3) is 2.97. The lowest BCUT2D eigenvalue weighted by Gasteiger charge is -2.11. The Hall–Kier alpha value is -1.57. The summed E-state index contributed by atoms with van der Waals surface area (Å²) in [4.78, 5) is 11.5. The third-order valence-electron chi connectivity index (χ3n) is 3.78. The maximum Gasteiger partial charge on any atom is 0.354 e. The number of nitrogens with two attached hydrogens (primary N) is 1. The van der Waals surface area contributed by atoms with Crippen molar-refractivity contribution in [2.45, 2.75) is 38.8 Å². The Morgan fingerprint density at radius 3 is 2.86 bits per heavy atom. The first-order chi connectivity index (χ1) is 9.61. The molecule has 1 aliphatic rings. The van der Waals surface area contributed by atoms with Gasteiger partial charge in [-0.15, -0.1) is 24.8 Å². The minimum absolute atomic E-state index is 0. The van der Waals surface area contributed by atoms with E-state index in [9.17, 15) is 9.90 Å². The summed E-state index contributed by atoms with van der Waals surface area (Å²) in [6.45, 7) is 2.39. The average molecular weight is 348 g/mol. The van der Waals surface area contributed by atoms with Crippen LogP contribution in [0.25, 0.3) is 11.3 Å². The van der Waals surface area contributed by atoms with Crippen molar-refractivity contribution in [3.05, 3.63) is 23.1 Å². The maximum absolute atomic E-state index is 11.5. The van der Waals surface area contributed by atoms with Crippen LogP contribution < -0.4 is 5.73 Å². The van der Waals surface area contributed by atoms with Crippen LogP contribution in [-0.4, -0.2) is 37.1 Å². The van der Waals surface area contributed by atoms with E-state index in [1.165, 1.54) is 4.68 Å². The Kier molecular flexibility index (Phi) is 5.99. The molecule has 0 spiro atoms. The number of aromatic amines is 1. The van der Waals surface area contributed by atoms with Crippen LogP contribution in [0.2, 0.25) is 0 Å². The molecule has 0 aromatic carbocycles. The number of carboxylic acid groups (broad SMARTS) is 1. The first kappa shape index (κ1) is 18.5. The number of nitrogens with zero attached hydrogens (tertiary/aromatic N) is 3. The van der Waals surface area contributed by atoms with Gasteiger partial charge in [-0.1, -0.05) is 6.92 Å². The SMILES string of the molecule is CCC(N)Cn1nc2c(c1C(=O)O)CCc1[nH]ncc1-2.Cl.Cl. The molecule has 1 atom stereocenters. The fourth-order valence-corrected chi connectivity index (χ4v) is 2.63. The van der Waals surface area contributed by atoms with Crippen LogP contribution in [0.3, 0.4) is 0 Å². The Morgan fingerprint density at radius 1 is 1.50 bits per heavy atom. The average Bonchev–Trinajstić information content (AvgIpc) is 3.00. The van der Waals surface area contributed by atoms with Gasteiger partial charge in [0.2, 0.25) is 0 Å². The molecule has 1 aliphatic carbocycles. The van der Waals surface area contributed by atoms with E-state index in [2.05, 4.69) is 15.3 Å². The van der Waals surface area contributed by atoms with Gasteiger partial charge in [0, 0.05) is 22.9 Å². The Bertz CT molecular complexity index is 667. The second-order valence-corrected chi connectivity index (χ2v) is 5.09. The first-order valence-corrected chi connectivity index (χ1v) is 6.73. The van der Waals surface area contributed by atoms with Crippen molar-refractivity contribution in [2.24, 2.45) is 5.73 Å². The quantitative estimate of drug-likeness (QED) is 0.778. The summed E-state index contributed by atoms with van der Waals surface area (Å²) in [6.07, 6.45) is 3.90. The molecular formula is C13H19Cl2N5O2. The number of aromatic carboxylic acids is 1. The second kappa shape index (κ2) is 7.13. The molecular weight excluding hydrogens is 329 g/mol. The lowest BCUT2D eigenvalue weighted by molar-refractivity contribution is 0.0681. The molecule has 2 heterocycles. The number of aromatic nitrogens is 4. The number of aryl methyl sites for hydroxylation is 1. The van der Waals surface area contributed by atoms with Crippen molar-refractivity contribution in [2.75, 3.05) is 0 Å². The topological polar surface area (TPSA) is 110 Å². The fraction of sp³-hybridized carbons (Fsp3) is 0.462. The Morgan fingerprint density at radius 2 is 2.23 bits per heavy atom. The highest BCUT2D eigenvalue weighted by Crippen LogP contribution is 2.33. The van der Waals surface area contributed by atoms with Gasteiger partial charge in [0.05, 0.1) is 18.4 Å². The molecule has 9 heteroatoms. The van der Waals surface area contributed by atoms with Crippen LogP contribution >= 0.6 is 24.8 Å². The van der Waals surface area contributed by atoms with E-state index in [-0.39, 0.29) is 36.5 Å². The predicted molar refractivity (Wildman–Crippen MR) is 86.9 cm³/mol. The van der Waals surface area contributed by atoms with Gasteiger partial charge in [0.15, 0.2) is 0 Å². The number of H-pyrrole nitrogens is 1. The number of fused-ring (bicyclic) bond motifs is 3. The van der Waals surface area contributed by atoms with Gasteiger partial charge < -0.3 is 10.8 Å². The summed E-state index contributed by atoms with van der Waals surface area (Å²) in [6, 6.07) is -0.0988. The number of nitrogens with one attached hydrogen (secondary N) is 1. The van der Waals surface area contributed by atoms with Gasteiger partial charge in [-0.05, 0) is 19.3 Å². The molecule has 2 aromatic rings. The third-order valence-corrected chi connectivity index (χ3v) is 3.78. The first-order valence-electron chi connectivity index (χ1n) is 6.73. The summed E-state index contributed by atoms with van der Waals surface area (Å²) in [7, 11) is 0. The van der Waals surface area contributed by atoms with E-state index in [1.54, 1.807) is 6.20 Å².